The Morgan fingerprint density at radius 3 is 2.38 bits per heavy atom. The molecule has 0 saturated heterocycles. The molecule has 34 heavy (non-hydrogen) atoms. The summed E-state index contributed by atoms with van der Waals surface area (Å²) in [6, 6.07) is 11.5. The molecule has 1 N–H and O–H groups in total. The van der Waals surface area contributed by atoms with Crippen LogP contribution in [0.1, 0.15) is 37.3 Å². The highest BCUT2D eigenvalue weighted by molar-refractivity contribution is 7.92. The van der Waals surface area contributed by atoms with Crippen molar-refractivity contribution in [3.63, 3.8) is 0 Å². The van der Waals surface area contributed by atoms with Crippen molar-refractivity contribution in [2.24, 2.45) is 0 Å². The minimum atomic E-state index is -3.60. The zero-order chi connectivity index (χ0) is 25.5. The minimum absolute atomic E-state index is 0.0591. The molecule has 2 aromatic carbocycles. The van der Waals surface area contributed by atoms with Gasteiger partial charge in [0.15, 0.2) is 0 Å². The zero-order valence-electron chi connectivity index (χ0n) is 19.8. The standard InChI is InChI=1S/C24H31Cl2N3O4S/c1-5-21(24(31)27-3)28(16-18-9-6-7-10-20(18)26)23(30)11-8-14-29(34(4,32)33)22-15-19(25)13-12-17(22)2/h6-7,9-10,12-13,15,21H,5,8,11,14,16H2,1-4H3,(H,27,31). The third-order valence-electron chi connectivity index (χ3n) is 5.52. The van der Waals surface area contributed by atoms with E-state index in [2.05, 4.69) is 5.32 Å². The molecule has 2 aromatic rings. The summed E-state index contributed by atoms with van der Waals surface area (Å²) in [5.74, 6) is -0.526. The molecule has 1 unspecified atom stereocenters. The number of likely N-dealkylation sites (N-methyl/N-ethyl adjacent to an activating group) is 1. The van der Waals surface area contributed by atoms with Crippen molar-refractivity contribution in [3.05, 3.63) is 63.6 Å². The summed E-state index contributed by atoms with van der Waals surface area (Å²) in [4.78, 5) is 27.3. The van der Waals surface area contributed by atoms with E-state index in [4.69, 9.17) is 23.2 Å². The number of sulfonamides is 1. The normalized spacial score (nSPS) is 12.2. The summed E-state index contributed by atoms with van der Waals surface area (Å²) >= 11 is 12.4. The molecule has 0 bridgehead atoms. The second kappa shape index (κ2) is 12.4. The van der Waals surface area contributed by atoms with Gasteiger partial charge in [-0.3, -0.25) is 13.9 Å². The van der Waals surface area contributed by atoms with E-state index in [-0.39, 0.29) is 37.7 Å². The van der Waals surface area contributed by atoms with Crippen LogP contribution in [0.15, 0.2) is 42.5 Å². The van der Waals surface area contributed by atoms with Crippen LogP contribution in [-0.4, -0.2) is 51.0 Å². The predicted molar refractivity (Wildman–Crippen MR) is 138 cm³/mol. The first-order valence-electron chi connectivity index (χ1n) is 11.0. The summed E-state index contributed by atoms with van der Waals surface area (Å²) in [5, 5.41) is 3.54. The van der Waals surface area contributed by atoms with Crippen molar-refractivity contribution in [2.45, 2.75) is 45.7 Å². The molecule has 2 rings (SSSR count). The van der Waals surface area contributed by atoms with E-state index < -0.39 is 16.1 Å². The fourth-order valence-electron chi connectivity index (χ4n) is 3.73. The second-order valence-corrected chi connectivity index (χ2v) is 10.8. The smallest absolute Gasteiger partial charge is 0.242 e. The van der Waals surface area contributed by atoms with Crippen molar-refractivity contribution in [1.29, 1.82) is 0 Å². The Balaban J connectivity index is 2.24. The van der Waals surface area contributed by atoms with E-state index in [9.17, 15) is 18.0 Å². The van der Waals surface area contributed by atoms with Gasteiger partial charge in [0.1, 0.15) is 6.04 Å². The van der Waals surface area contributed by atoms with Crippen LogP contribution in [0.3, 0.4) is 0 Å². The van der Waals surface area contributed by atoms with Crippen molar-refractivity contribution >= 4 is 50.7 Å². The highest BCUT2D eigenvalue weighted by Gasteiger charge is 2.29. The molecular weight excluding hydrogens is 497 g/mol. The first-order valence-corrected chi connectivity index (χ1v) is 13.6. The first-order chi connectivity index (χ1) is 16.0. The number of nitrogens with one attached hydrogen (secondary N) is 1. The maximum absolute atomic E-state index is 13.3. The molecule has 0 spiro atoms. The molecule has 0 aliphatic rings. The summed E-state index contributed by atoms with van der Waals surface area (Å²) in [6.07, 6.45) is 1.87. The lowest BCUT2D eigenvalue weighted by Gasteiger charge is -2.31. The number of nitrogens with zero attached hydrogens (tertiary/aromatic N) is 2. The SMILES string of the molecule is CCC(C(=O)NC)N(Cc1ccccc1Cl)C(=O)CCCN(c1cc(Cl)ccc1C)S(C)(=O)=O. The number of hydrogen-bond donors (Lipinski definition) is 1. The van der Waals surface area contributed by atoms with E-state index in [0.29, 0.717) is 22.2 Å². The van der Waals surface area contributed by atoms with Crippen molar-refractivity contribution in [3.8, 4) is 0 Å². The van der Waals surface area contributed by atoms with Crippen LogP contribution in [0.5, 0.6) is 0 Å². The van der Waals surface area contributed by atoms with Gasteiger partial charge in [-0.05, 0) is 49.1 Å². The minimum Gasteiger partial charge on any atom is -0.357 e. The van der Waals surface area contributed by atoms with Crippen LogP contribution in [0.2, 0.25) is 10.0 Å². The average Bonchev–Trinajstić information content (AvgIpc) is 2.78. The molecule has 0 fully saturated rings. The van der Waals surface area contributed by atoms with E-state index in [0.717, 1.165) is 17.4 Å². The van der Waals surface area contributed by atoms with E-state index >= 15 is 0 Å². The molecule has 186 valence electrons. The van der Waals surface area contributed by atoms with E-state index in [1.807, 2.05) is 19.1 Å². The predicted octanol–water partition coefficient (Wildman–Crippen LogP) is 4.40. The van der Waals surface area contributed by atoms with Gasteiger partial charge in [-0.25, -0.2) is 8.42 Å². The lowest BCUT2D eigenvalue weighted by molar-refractivity contribution is -0.141. The van der Waals surface area contributed by atoms with Crippen molar-refractivity contribution < 1.29 is 18.0 Å². The Hall–Kier alpha value is -2.29. The number of benzene rings is 2. The monoisotopic (exact) mass is 527 g/mol. The number of carbonyl (C=O) groups is 2. The van der Waals surface area contributed by atoms with Crippen molar-refractivity contribution in [2.75, 3.05) is 24.2 Å². The van der Waals surface area contributed by atoms with Gasteiger partial charge in [-0.15, -0.1) is 0 Å². The molecule has 2 amide bonds. The molecule has 0 aliphatic heterocycles. The molecule has 1 atom stereocenters. The van der Waals surface area contributed by atoms with Gasteiger partial charge < -0.3 is 10.2 Å². The van der Waals surface area contributed by atoms with Crippen molar-refractivity contribution in [1.82, 2.24) is 10.2 Å². The number of anilines is 1. The molecule has 0 radical (unpaired) electrons. The third kappa shape index (κ3) is 7.35. The zero-order valence-corrected chi connectivity index (χ0v) is 22.2. The topological polar surface area (TPSA) is 86.8 Å². The number of halogens is 2. The largest absolute Gasteiger partial charge is 0.357 e. The summed E-state index contributed by atoms with van der Waals surface area (Å²) < 4.78 is 26.2. The van der Waals surface area contributed by atoms with Gasteiger partial charge in [0.25, 0.3) is 0 Å². The first kappa shape index (κ1) is 28.0. The molecule has 0 aliphatic carbocycles. The molecular formula is C24H31Cl2N3O4S. The van der Waals surface area contributed by atoms with Gasteiger partial charge in [0, 0.05) is 36.6 Å². The molecule has 10 heteroatoms. The Morgan fingerprint density at radius 1 is 1.12 bits per heavy atom. The van der Waals surface area contributed by atoms with Crippen LogP contribution >= 0.6 is 23.2 Å². The van der Waals surface area contributed by atoms with E-state index in [1.165, 1.54) is 16.3 Å². The number of hydrogen-bond acceptors (Lipinski definition) is 4. The second-order valence-electron chi connectivity index (χ2n) is 8.02. The fraction of sp³-hybridized carbons (Fsp3) is 0.417. The van der Waals surface area contributed by atoms with Crippen LogP contribution in [0.25, 0.3) is 0 Å². The van der Waals surface area contributed by atoms with Gasteiger partial charge in [0.2, 0.25) is 21.8 Å². The van der Waals surface area contributed by atoms with Gasteiger partial charge in [-0.2, -0.15) is 0 Å². The lowest BCUT2D eigenvalue weighted by atomic mass is 10.1. The van der Waals surface area contributed by atoms with Crippen LogP contribution in [-0.2, 0) is 26.2 Å². The molecule has 0 aromatic heterocycles. The third-order valence-corrected chi connectivity index (χ3v) is 7.31. The maximum Gasteiger partial charge on any atom is 0.242 e. The number of rotatable bonds is 11. The Bertz CT molecular complexity index is 1120. The van der Waals surface area contributed by atoms with Crippen LogP contribution < -0.4 is 9.62 Å². The molecule has 7 nitrogen and oxygen atoms in total. The highest BCUT2D eigenvalue weighted by atomic mass is 35.5. The highest BCUT2D eigenvalue weighted by Crippen LogP contribution is 2.27. The Kier molecular flexibility index (Phi) is 10.2. The quantitative estimate of drug-likeness (QED) is 0.469. The van der Waals surface area contributed by atoms with Crippen LogP contribution in [0.4, 0.5) is 5.69 Å². The molecule has 0 saturated carbocycles. The molecule has 0 heterocycles. The van der Waals surface area contributed by atoms with E-state index in [1.54, 1.807) is 37.3 Å². The fourth-order valence-corrected chi connectivity index (χ4v) is 5.11. The van der Waals surface area contributed by atoms with Gasteiger partial charge >= 0.3 is 0 Å². The number of amides is 2. The summed E-state index contributed by atoms with van der Waals surface area (Å²) in [5.41, 5.74) is 1.96. The maximum atomic E-state index is 13.3. The number of aryl methyl sites for hydroxylation is 1. The van der Waals surface area contributed by atoms with Crippen LogP contribution in [0, 0.1) is 6.92 Å². The summed E-state index contributed by atoms with van der Waals surface area (Å²) in [6.45, 7) is 3.91. The Labute approximate surface area is 212 Å². The van der Waals surface area contributed by atoms with Gasteiger partial charge in [0.05, 0.1) is 11.9 Å². The Morgan fingerprint density at radius 2 is 1.79 bits per heavy atom. The summed E-state index contributed by atoms with van der Waals surface area (Å²) in [7, 11) is -2.07. The lowest BCUT2D eigenvalue weighted by Crippen LogP contribution is -2.48. The van der Waals surface area contributed by atoms with Gasteiger partial charge in [-0.1, -0.05) is 54.4 Å². The average molecular weight is 529 g/mol. The number of carbonyl (C=O) groups excluding carboxylic acids is 2.